The summed E-state index contributed by atoms with van der Waals surface area (Å²) in [7, 11) is -5.40. The molecule has 0 amide bonds. The number of hydrogen-bond donors (Lipinski definition) is 1. The highest BCUT2D eigenvalue weighted by atomic mass is 32.2. The summed E-state index contributed by atoms with van der Waals surface area (Å²) in [6, 6.07) is 37.3. The fourth-order valence-corrected chi connectivity index (χ4v) is 10.6. The molecule has 10 heteroatoms. The maximum Gasteiger partial charge on any atom is 0.268 e. The van der Waals surface area contributed by atoms with E-state index in [4.69, 9.17) is 0 Å². The van der Waals surface area contributed by atoms with Crippen LogP contribution in [-0.4, -0.2) is 21.7 Å². The Labute approximate surface area is 284 Å². The van der Waals surface area contributed by atoms with Gasteiger partial charge in [0.2, 0.25) is 0 Å². The summed E-state index contributed by atoms with van der Waals surface area (Å²) in [6.45, 7) is 5.40. The van der Waals surface area contributed by atoms with Gasteiger partial charge < -0.3 is 4.55 Å². The lowest BCUT2D eigenvalue weighted by Crippen LogP contribution is -2.42. The summed E-state index contributed by atoms with van der Waals surface area (Å²) < 4.78 is 77.0. The predicted octanol–water partition coefficient (Wildman–Crippen LogP) is 7.93. The van der Waals surface area contributed by atoms with Crippen molar-refractivity contribution < 1.29 is 21.8 Å². The summed E-state index contributed by atoms with van der Waals surface area (Å²) in [4.78, 5) is 0.0990. The van der Waals surface area contributed by atoms with Crippen LogP contribution in [0.2, 0.25) is 0 Å². The highest BCUT2D eigenvalue weighted by molar-refractivity contribution is 7.91. The van der Waals surface area contributed by atoms with Gasteiger partial charge in [0.25, 0.3) is 10.0 Å². The molecule has 1 unspecified atom stereocenters. The predicted molar refractivity (Wildman–Crippen MR) is 193 cm³/mol. The maximum absolute atomic E-state index is 14.9. The van der Waals surface area contributed by atoms with Crippen LogP contribution in [0.3, 0.4) is 0 Å². The lowest BCUT2D eigenvalue weighted by Gasteiger charge is -2.29. The van der Waals surface area contributed by atoms with Crippen LogP contribution in [0.4, 0.5) is 8.78 Å². The molecule has 0 radical (unpaired) electrons. The zero-order valence-electron chi connectivity index (χ0n) is 26.7. The van der Waals surface area contributed by atoms with Crippen LogP contribution >= 0.6 is 7.92 Å². The molecule has 0 saturated heterocycles. The highest BCUT2D eigenvalue weighted by Crippen LogP contribution is 2.45. The molecule has 1 heterocycles. The number of para-hydroxylation sites is 1. The molecule has 5 aromatic carbocycles. The molecule has 0 fully saturated rings. The lowest BCUT2D eigenvalue weighted by atomic mass is 9.96. The lowest BCUT2D eigenvalue weighted by molar-refractivity contribution is 0.532. The fourth-order valence-electron chi connectivity index (χ4n) is 5.75. The molecule has 0 bridgehead atoms. The normalized spacial score (nSPS) is 13.6. The third-order valence-corrected chi connectivity index (χ3v) is 13.8. The van der Waals surface area contributed by atoms with Crippen LogP contribution in [0.25, 0.3) is 10.9 Å². The van der Waals surface area contributed by atoms with E-state index in [1.807, 2.05) is 66.7 Å². The first-order valence-electron chi connectivity index (χ1n) is 15.4. The Morgan fingerprint density at radius 3 is 1.81 bits per heavy atom. The van der Waals surface area contributed by atoms with Crippen LogP contribution in [0.15, 0.2) is 138 Å². The van der Waals surface area contributed by atoms with Crippen LogP contribution in [-0.2, 0) is 27.5 Å². The van der Waals surface area contributed by atoms with E-state index in [1.165, 1.54) is 16.1 Å². The number of aromatic nitrogens is 1. The SMILES string of the molecule is CC(C)(C)[S+]([O-])N[C@@H](c1cc(F)cc(F)c1)c1c(CP(c2ccccc2)c2ccccc2)n(S(=O)(=O)c2ccccc2)c2ccccc12. The summed E-state index contributed by atoms with van der Waals surface area (Å²) in [5, 5.41) is 2.62. The highest BCUT2D eigenvalue weighted by Gasteiger charge is 2.37. The van der Waals surface area contributed by atoms with Crippen molar-refractivity contribution in [3.8, 4) is 0 Å². The van der Waals surface area contributed by atoms with E-state index in [-0.39, 0.29) is 16.6 Å². The van der Waals surface area contributed by atoms with Crippen molar-refractivity contribution in [2.75, 3.05) is 0 Å². The van der Waals surface area contributed by atoms with Gasteiger partial charge in [-0.15, -0.1) is 4.72 Å². The van der Waals surface area contributed by atoms with E-state index < -0.39 is 51.7 Å². The zero-order valence-corrected chi connectivity index (χ0v) is 29.2. The molecule has 246 valence electrons. The van der Waals surface area contributed by atoms with Crippen molar-refractivity contribution in [1.29, 1.82) is 0 Å². The van der Waals surface area contributed by atoms with Gasteiger partial charge in [-0.25, -0.2) is 21.2 Å². The largest absolute Gasteiger partial charge is 0.598 e. The van der Waals surface area contributed by atoms with E-state index in [0.29, 0.717) is 22.2 Å². The second-order valence-electron chi connectivity index (χ2n) is 12.4. The first kappa shape index (κ1) is 34.0. The first-order chi connectivity index (χ1) is 22.9. The van der Waals surface area contributed by atoms with Crippen molar-refractivity contribution >= 4 is 50.8 Å². The van der Waals surface area contributed by atoms with Gasteiger partial charge in [-0.3, -0.25) is 0 Å². The Morgan fingerprint density at radius 1 is 0.771 bits per heavy atom. The van der Waals surface area contributed by atoms with Gasteiger partial charge in [0.15, 0.2) is 0 Å². The molecular weight excluding hydrogens is 666 g/mol. The van der Waals surface area contributed by atoms with Crippen LogP contribution < -0.4 is 15.3 Å². The van der Waals surface area contributed by atoms with Crippen LogP contribution in [0, 0.1) is 11.6 Å². The molecule has 6 aromatic rings. The Balaban J connectivity index is 1.72. The monoisotopic (exact) mass is 700 g/mol. The van der Waals surface area contributed by atoms with Crippen molar-refractivity contribution in [2.45, 2.75) is 42.6 Å². The summed E-state index contributed by atoms with van der Waals surface area (Å²) in [6.07, 6.45) is 0.261. The average Bonchev–Trinajstić information content (AvgIpc) is 3.40. The number of hydrogen-bond acceptors (Lipinski definition) is 4. The molecule has 1 aromatic heterocycles. The number of benzene rings is 5. The standard InChI is InChI=1S/C38H35F2N2O3PS2/c1-38(2,3)47(43)41-37(27-23-28(39)25-29(40)24-27)36-33-21-13-14-22-34(33)42(48(44,45)32-19-11-6-12-20-32)35(36)26-46(30-15-7-4-8-16-30)31-17-9-5-10-18-31/h4-25,37,41H,26H2,1-3H3/t37-,47?/m0/s1. The molecular formula is C38H35F2N2O3PS2. The molecule has 0 aliphatic rings. The van der Waals surface area contributed by atoms with Crippen molar-refractivity contribution in [3.05, 3.63) is 162 Å². The maximum atomic E-state index is 14.9. The van der Waals surface area contributed by atoms with Crippen LogP contribution in [0.1, 0.15) is 43.6 Å². The van der Waals surface area contributed by atoms with Gasteiger partial charge in [-0.1, -0.05) is 97.1 Å². The smallest absolute Gasteiger partial charge is 0.268 e. The molecule has 48 heavy (non-hydrogen) atoms. The molecule has 1 N–H and O–H groups in total. The topological polar surface area (TPSA) is 74.2 Å². The fraction of sp³-hybridized carbons (Fsp3) is 0.158. The van der Waals surface area contributed by atoms with Crippen molar-refractivity contribution in [2.24, 2.45) is 0 Å². The summed E-state index contributed by atoms with van der Waals surface area (Å²) in [5.74, 6) is -1.59. The van der Waals surface area contributed by atoms with Crippen molar-refractivity contribution in [1.82, 2.24) is 8.69 Å². The van der Waals surface area contributed by atoms with Crippen LogP contribution in [0.5, 0.6) is 0 Å². The number of nitrogens with one attached hydrogen (secondary N) is 1. The van der Waals surface area contributed by atoms with Gasteiger partial charge >= 0.3 is 0 Å². The minimum atomic E-state index is -4.20. The Bertz CT molecular complexity index is 2080. The molecule has 0 saturated carbocycles. The van der Waals surface area contributed by atoms with E-state index in [2.05, 4.69) is 4.72 Å². The molecule has 0 spiro atoms. The molecule has 0 aliphatic heterocycles. The molecule has 6 rings (SSSR count). The van der Waals surface area contributed by atoms with Crippen molar-refractivity contribution in [3.63, 3.8) is 0 Å². The van der Waals surface area contributed by atoms with E-state index >= 15 is 0 Å². The third kappa shape index (κ3) is 6.98. The van der Waals surface area contributed by atoms with E-state index in [9.17, 15) is 21.8 Å². The Hall–Kier alpha value is -3.85. The molecule has 2 atom stereocenters. The molecule has 0 aliphatic carbocycles. The summed E-state index contributed by atoms with van der Waals surface area (Å²) in [5.41, 5.74) is 1.53. The number of fused-ring (bicyclic) bond motifs is 1. The van der Waals surface area contributed by atoms with E-state index in [1.54, 1.807) is 69.3 Å². The third-order valence-electron chi connectivity index (χ3n) is 7.98. The van der Waals surface area contributed by atoms with Gasteiger partial charge in [0.05, 0.1) is 10.4 Å². The quantitative estimate of drug-likeness (QED) is 0.116. The zero-order chi connectivity index (χ0) is 34.1. The minimum Gasteiger partial charge on any atom is -0.598 e. The van der Waals surface area contributed by atoms with E-state index in [0.717, 1.165) is 16.7 Å². The Kier molecular flexibility index (Phi) is 9.88. The minimum absolute atomic E-state index is 0.0990. The average molecular weight is 701 g/mol. The number of nitrogens with zero attached hydrogens (tertiary/aromatic N) is 1. The summed E-state index contributed by atoms with van der Waals surface area (Å²) >= 11 is -1.71. The second kappa shape index (κ2) is 13.9. The number of rotatable bonds is 10. The van der Waals surface area contributed by atoms with Gasteiger partial charge in [-0.05, 0) is 75.2 Å². The number of halogens is 2. The Morgan fingerprint density at radius 2 is 1.27 bits per heavy atom. The molecule has 5 nitrogen and oxygen atoms in total. The van der Waals surface area contributed by atoms with Gasteiger partial charge in [-0.2, -0.15) is 0 Å². The second-order valence-corrected chi connectivity index (χ2v) is 18.3. The van der Waals surface area contributed by atoms with Gasteiger partial charge in [0, 0.05) is 40.2 Å². The first-order valence-corrected chi connectivity index (χ1v) is 19.5. The van der Waals surface area contributed by atoms with Gasteiger partial charge in [0.1, 0.15) is 22.4 Å².